The quantitative estimate of drug-likeness (QED) is 0.166. The van der Waals surface area contributed by atoms with Crippen LogP contribution in [0.1, 0.15) is 0 Å². The molecule has 0 aliphatic rings. The Morgan fingerprint density at radius 2 is 0.827 bits per heavy atom. The molecule has 8 aromatic carbocycles. The summed E-state index contributed by atoms with van der Waals surface area (Å²) in [6.45, 7) is 0. The van der Waals surface area contributed by atoms with Crippen molar-refractivity contribution in [3.8, 4) is 67.5 Å². The molecule has 0 saturated carbocycles. The van der Waals surface area contributed by atoms with Crippen LogP contribution in [0.5, 0.6) is 0 Å². The topological polar surface area (TPSA) is 51.6 Å². The van der Waals surface area contributed by atoms with Crippen molar-refractivity contribution in [1.82, 2.24) is 19.9 Å². The normalized spacial score (nSPS) is 11.5. The van der Waals surface area contributed by atoms with Crippen LogP contribution < -0.4 is 0 Å². The standard InChI is InChI=1S/C48H30N4/c1-2-8-31(9-3-1)37-12-5-14-39(28-37)47-50-46(51-48(52-47)40-15-6-13-38(29-40)41-16-7-27-49-30-41)36-21-17-32(18-22-36)42-25-23-35-20-19-33-10-4-11-34-24-26-43(42)45(35)44(33)34/h1-30H. The largest absolute Gasteiger partial charge is 0.264 e. The van der Waals surface area contributed by atoms with Crippen LogP contribution in [0.2, 0.25) is 0 Å². The zero-order chi connectivity index (χ0) is 34.4. The van der Waals surface area contributed by atoms with Crippen molar-refractivity contribution in [1.29, 1.82) is 0 Å². The number of pyridine rings is 1. The van der Waals surface area contributed by atoms with E-state index in [9.17, 15) is 0 Å². The maximum Gasteiger partial charge on any atom is 0.164 e. The lowest BCUT2D eigenvalue weighted by Crippen LogP contribution is -2.00. The summed E-state index contributed by atoms with van der Waals surface area (Å²) in [5.74, 6) is 1.87. The zero-order valence-electron chi connectivity index (χ0n) is 28.1. The molecule has 4 nitrogen and oxygen atoms in total. The molecule has 0 bridgehead atoms. The molecule has 2 heterocycles. The van der Waals surface area contributed by atoms with Gasteiger partial charge in [-0.25, -0.2) is 15.0 Å². The van der Waals surface area contributed by atoms with E-state index >= 15 is 0 Å². The minimum atomic E-state index is 0.617. The van der Waals surface area contributed by atoms with E-state index in [0.29, 0.717) is 17.5 Å². The predicted octanol–water partition coefficient (Wildman–Crippen LogP) is 12.2. The van der Waals surface area contributed by atoms with Gasteiger partial charge in [0.1, 0.15) is 0 Å². The summed E-state index contributed by atoms with van der Waals surface area (Å²) in [7, 11) is 0. The maximum atomic E-state index is 5.09. The van der Waals surface area contributed by atoms with Gasteiger partial charge in [0.25, 0.3) is 0 Å². The van der Waals surface area contributed by atoms with E-state index in [1.807, 2.05) is 24.4 Å². The second-order valence-corrected chi connectivity index (χ2v) is 13.1. The van der Waals surface area contributed by atoms with Gasteiger partial charge in [0.2, 0.25) is 0 Å². The van der Waals surface area contributed by atoms with Gasteiger partial charge in [0, 0.05) is 34.6 Å². The number of hydrogen-bond acceptors (Lipinski definition) is 4. The van der Waals surface area contributed by atoms with Crippen molar-refractivity contribution in [3.63, 3.8) is 0 Å². The van der Waals surface area contributed by atoms with Crippen molar-refractivity contribution < 1.29 is 0 Å². The van der Waals surface area contributed by atoms with Crippen LogP contribution in [0.4, 0.5) is 0 Å². The first kappa shape index (κ1) is 29.8. The van der Waals surface area contributed by atoms with Crippen molar-refractivity contribution >= 4 is 32.3 Å². The first-order valence-electron chi connectivity index (χ1n) is 17.5. The molecule has 10 rings (SSSR count). The van der Waals surface area contributed by atoms with Gasteiger partial charge < -0.3 is 0 Å². The molecule has 0 aliphatic heterocycles. The fourth-order valence-electron chi connectivity index (χ4n) is 7.39. The highest BCUT2D eigenvalue weighted by atomic mass is 15.0. The van der Waals surface area contributed by atoms with Crippen molar-refractivity contribution in [2.45, 2.75) is 0 Å². The zero-order valence-corrected chi connectivity index (χ0v) is 28.1. The van der Waals surface area contributed by atoms with Gasteiger partial charge in [0.15, 0.2) is 17.5 Å². The van der Waals surface area contributed by atoms with Gasteiger partial charge in [0.05, 0.1) is 0 Å². The number of benzene rings is 8. The molecule has 10 aromatic rings. The third-order valence-electron chi connectivity index (χ3n) is 9.96. The highest BCUT2D eigenvalue weighted by Crippen LogP contribution is 2.40. The Balaban J connectivity index is 1.09. The average Bonchev–Trinajstić information content (AvgIpc) is 3.23. The first-order chi connectivity index (χ1) is 25.7. The summed E-state index contributed by atoms with van der Waals surface area (Å²) in [4.78, 5) is 19.6. The molecule has 52 heavy (non-hydrogen) atoms. The Hall–Kier alpha value is -7.04. The van der Waals surface area contributed by atoms with E-state index in [-0.39, 0.29) is 0 Å². The van der Waals surface area contributed by atoms with Crippen LogP contribution >= 0.6 is 0 Å². The van der Waals surface area contributed by atoms with Crippen molar-refractivity contribution in [2.24, 2.45) is 0 Å². The van der Waals surface area contributed by atoms with Crippen molar-refractivity contribution in [3.05, 3.63) is 182 Å². The Labute approximate surface area is 301 Å². The molecule has 0 fully saturated rings. The van der Waals surface area contributed by atoms with E-state index in [4.69, 9.17) is 15.0 Å². The Morgan fingerprint density at radius 3 is 1.50 bits per heavy atom. The molecule has 2 aromatic heterocycles. The summed E-state index contributed by atoms with van der Waals surface area (Å²) in [5, 5.41) is 7.69. The van der Waals surface area contributed by atoms with Crippen LogP contribution in [0, 0.1) is 0 Å². The second kappa shape index (κ2) is 12.4. The van der Waals surface area contributed by atoms with Crippen LogP contribution in [-0.2, 0) is 0 Å². The monoisotopic (exact) mass is 662 g/mol. The molecular weight excluding hydrogens is 633 g/mol. The molecule has 0 N–H and O–H groups in total. The highest BCUT2D eigenvalue weighted by Gasteiger charge is 2.16. The number of nitrogens with zero attached hydrogens (tertiary/aromatic N) is 4. The lowest BCUT2D eigenvalue weighted by atomic mass is 9.90. The Bertz CT molecular complexity index is 2770. The number of hydrogen-bond donors (Lipinski definition) is 0. The first-order valence-corrected chi connectivity index (χ1v) is 17.5. The molecule has 0 spiro atoms. The molecule has 0 unspecified atom stereocenters. The van der Waals surface area contributed by atoms with Crippen LogP contribution in [0.15, 0.2) is 182 Å². The molecule has 0 saturated heterocycles. The summed E-state index contributed by atoms with van der Waals surface area (Å²) in [6, 6.07) is 59.7. The van der Waals surface area contributed by atoms with Crippen LogP contribution in [-0.4, -0.2) is 19.9 Å². The van der Waals surface area contributed by atoms with Gasteiger partial charge in [-0.2, -0.15) is 0 Å². The Morgan fingerprint density at radius 1 is 0.308 bits per heavy atom. The highest BCUT2D eigenvalue weighted by molar-refractivity contribution is 6.25. The summed E-state index contributed by atoms with van der Waals surface area (Å²) >= 11 is 0. The molecule has 4 heteroatoms. The Kier molecular flexibility index (Phi) is 7.10. The van der Waals surface area contributed by atoms with Gasteiger partial charge in [-0.05, 0) is 78.3 Å². The average molecular weight is 663 g/mol. The lowest BCUT2D eigenvalue weighted by Gasteiger charge is -2.14. The predicted molar refractivity (Wildman–Crippen MR) is 214 cm³/mol. The fourth-order valence-corrected chi connectivity index (χ4v) is 7.39. The van der Waals surface area contributed by atoms with Crippen LogP contribution in [0.25, 0.3) is 99.9 Å². The van der Waals surface area contributed by atoms with E-state index in [1.165, 1.54) is 37.9 Å². The summed E-state index contributed by atoms with van der Waals surface area (Å²) in [6.07, 6.45) is 3.66. The van der Waals surface area contributed by atoms with E-state index in [2.05, 4.69) is 157 Å². The summed E-state index contributed by atoms with van der Waals surface area (Å²) < 4.78 is 0. The minimum absolute atomic E-state index is 0.617. The van der Waals surface area contributed by atoms with Gasteiger partial charge in [-0.15, -0.1) is 0 Å². The molecule has 0 aliphatic carbocycles. The number of aromatic nitrogens is 4. The molecule has 242 valence electrons. The van der Waals surface area contributed by atoms with E-state index in [1.54, 1.807) is 6.20 Å². The molecular formula is C48H30N4. The van der Waals surface area contributed by atoms with E-state index in [0.717, 1.165) is 44.5 Å². The van der Waals surface area contributed by atoms with Gasteiger partial charge >= 0.3 is 0 Å². The van der Waals surface area contributed by atoms with Crippen molar-refractivity contribution in [2.75, 3.05) is 0 Å². The SMILES string of the molecule is c1ccc(-c2cccc(-c3nc(-c4ccc(-c5ccc6ccc7cccc8ccc5c6c78)cc4)nc(-c4cccc(-c5cccnc5)c4)n3)c2)cc1. The summed E-state index contributed by atoms with van der Waals surface area (Å²) in [5.41, 5.74) is 9.47. The lowest BCUT2D eigenvalue weighted by molar-refractivity contribution is 1.07. The molecule has 0 radical (unpaired) electrons. The second-order valence-electron chi connectivity index (χ2n) is 13.1. The fraction of sp³-hybridized carbons (Fsp3) is 0. The van der Waals surface area contributed by atoms with Crippen LogP contribution in [0.3, 0.4) is 0 Å². The molecule has 0 amide bonds. The minimum Gasteiger partial charge on any atom is -0.264 e. The molecule has 0 atom stereocenters. The third kappa shape index (κ3) is 5.26. The third-order valence-corrected chi connectivity index (χ3v) is 9.96. The van der Waals surface area contributed by atoms with E-state index < -0.39 is 0 Å². The smallest absolute Gasteiger partial charge is 0.164 e. The van der Waals surface area contributed by atoms with Gasteiger partial charge in [-0.1, -0.05) is 152 Å². The maximum absolute atomic E-state index is 5.09. The van der Waals surface area contributed by atoms with Gasteiger partial charge in [-0.3, -0.25) is 4.98 Å². The number of rotatable bonds is 6.